The van der Waals surface area contributed by atoms with Crippen LogP contribution in [0, 0.1) is 11.8 Å². The second-order valence-corrected chi connectivity index (χ2v) is 4.23. The summed E-state index contributed by atoms with van der Waals surface area (Å²) in [5, 5.41) is 0. The minimum Gasteiger partial charge on any atom is -0.380 e. The Bertz CT molecular complexity index is 136. The topological polar surface area (TPSA) is 12.5 Å². The van der Waals surface area contributed by atoms with Crippen molar-refractivity contribution < 1.29 is 4.74 Å². The summed E-state index contributed by atoms with van der Waals surface area (Å²) in [7, 11) is 4.00. The van der Waals surface area contributed by atoms with Crippen LogP contribution in [-0.4, -0.2) is 38.3 Å². The maximum atomic E-state index is 5.49. The molecular formula is C10H21NO. The molecule has 0 bridgehead atoms. The average Bonchev–Trinajstić information content (AvgIpc) is 2.03. The van der Waals surface area contributed by atoms with Crippen molar-refractivity contribution in [3.63, 3.8) is 0 Å². The molecule has 1 rings (SSSR count). The number of piperidine rings is 1. The van der Waals surface area contributed by atoms with Crippen molar-refractivity contribution in [2.24, 2.45) is 11.8 Å². The van der Waals surface area contributed by atoms with Gasteiger partial charge in [0.2, 0.25) is 0 Å². The number of hydrogen-bond acceptors (Lipinski definition) is 2. The minimum atomic E-state index is 0.448. The quantitative estimate of drug-likeness (QED) is 0.626. The number of nitrogens with zero attached hydrogens (tertiary/aromatic N) is 1. The standard InChI is InChI=1S/C10H21NO/c1-8(2)9-5-6-11(3)7-10(9)12-4/h8-10H,5-7H2,1-4H3/t9-,10+/m1/s1. The third-order valence-electron chi connectivity index (χ3n) is 2.97. The first kappa shape index (κ1) is 10.0. The molecule has 0 amide bonds. The molecule has 1 fully saturated rings. The summed E-state index contributed by atoms with van der Waals surface area (Å²) in [4.78, 5) is 2.35. The van der Waals surface area contributed by atoms with Crippen LogP contribution >= 0.6 is 0 Å². The van der Waals surface area contributed by atoms with Crippen molar-refractivity contribution in [3.05, 3.63) is 0 Å². The molecule has 1 heterocycles. The molecule has 2 heteroatoms. The normalized spacial score (nSPS) is 32.8. The predicted octanol–water partition coefficient (Wildman–Crippen LogP) is 1.61. The minimum absolute atomic E-state index is 0.448. The molecule has 72 valence electrons. The number of ether oxygens (including phenoxy) is 1. The van der Waals surface area contributed by atoms with Gasteiger partial charge >= 0.3 is 0 Å². The van der Waals surface area contributed by atoms with Crippen molar-refractivity contribution >= 4 is 0 Å². The Balaban J connectivity index is 2.50. The van der Waals surface area contributed by atoms with Crippen LogP contribution in [0.5, 0.6) is 0 Å². The van der Waals surface area contributed by atoms with Crippen LogP contribution in [0.3, 0.4) is 0 Å². The molecule has 0 spiro atoms. The van der Waals surface area contributed by atoms with Gasteiger partial charge in [-0.25, -0.2) is 0 Å². The van der Waals surface area contributed by atoms with E-state index in [0.29, 0.717) is 6.10 Å². The maximum Gasteiger partial charge on any atom is 0.0729 e. The predicted molar refractivity (Wildman–Crippen MR) is 51.2 cm³/mol. The van der Waals surface area contributed by atoms with Crippen molar-refractivity contribution in [3.8, 4) is 0 Å². The molecule has 2 nitrogen and oxygen atoms in total. The largest absolute Gasteiger partial charge is 0.380 e. The Morgan fingerprint density at radius 1 is 1.42 bits per heavy atom. The van der Waals surface area contributed by atoms with E-state index in [9.17, 15) is 0 Å². The average molecular weight is 171 g/mol. The summed E-state index contributed by atoms with van der Waals surface area (Å²) in [5.74, 6) is 1.51. The van der Waals surface area contributed by atoms with Gasteiger partial charge in [0.1, 0.15) is 0 Å². The van der Waals surface area contributed by atoms with Crippen LogP contribution in [0.4, 0.5) is 0 Å². The Hall–Kier alpha value is -0.0800. The highest BCUT2D eigenvalue weighted by molar-refractivity contribution is 4.81. The van der Waals surface area contributed by atoms with Gasteiger partial charge in [-0.15, -0.1) is 0 Å². The first-order valence-electron chi connectivity index (χ1n) is 4.86. The highest BCUT2D eigenvalue weighted by Crippen LogP contribution is 2.25. The highest BCUT2D eigenvalue weighted by Gasteiger charge is 2.29. The van der Waals surface area contributed by atoms with Gasteiger partial charge in [-0.1, -0.05) is 13.8 Å². The zero-order valence-corrected chi connectivity index (χ0v) is 8.71. The fourth-order valence-electron chi connectivity index (χ4n) is 2.10. The molecule has 0 N–H and O–H groups in total. The van der Waals surface area contributed by atoms with E-state index in [1.165, 1.54) is 13.0 Å². The maximum absolute atomic E-state index is 5.49. The zero-order chi connectivity index (χ0) is 9.14. The summed E-state index contributed by atoms with van der Waals surface area (Å²) < 4.78 is 5.49. The molecule has 12 heavy (non-hydrogen) atoms. The van der Waals surface area contributed by atoms with Gasteiger partial charge in [-0.3, -0.25) is 0 Å². The second kappa shape index (κ2) is 4.24. The van der Waals surface area contributed by atoms with Crippen LogP contribution in [0.25, 0.3) is 0 Å². The third-order valence-corrected chi connectivity index (χ3v) is 2.97. The Labute approximate surface area is 75.9 Å². The third kappa shape index (κ3) is 2.20. The van der Waals surface area contributed by atoms with E-state index < -0.39 is 0 Å². The van der Waals surface area contributed by atoms with E-state index in [1.54, 1.807) is 0 Å². The molecule has 0 aromatic carbocycles. The molecule has 0 saturated carbocycles. The number of hydrogen-bond donors (Lipinski definition) is 0. The van der Waals surface area contributed by atoms with E-state index in [-0.39, 0.29) is 0 Å². The zero-order valence-electron chi connectivity index (χ0n) is 8.71. The van der Waals surface area contributed by atoms with Gasteiger partial charge in [-0.05, 0) is 31.8 Å². The van der Waals surface area contributed by atoms with Crippen molar-refractivity contribution in [1.29, 1.82) is 0 Å². The van der Waals surface area contributed by atoms with E-state index in [2.05, 4.69) is 25.8 Å². The van der Waals surface area contributed by atoms with Gasteiger partial charge in [0.25, 0.3) is 0 Å². The fraction of sp³-hybridized carbons (Fsp3) is 1.00. The molecule has 2 atom stereocenters. The molecule has 0 aromatic rings. The lowest BCUT2D eigenvalue weighted by molar-refractivity contribution is -0.0198. The van der Waals surface area contributed by atoms with E-state index in [4.69, 9.17) is 4.74 Å². The first-order valence-corrected chi connectivity index (χ1v) is 4.86. The number of likely N-dealkylation sites (tertiary alicyclic amines) is 1. The lowest BCUT2D eigenvalue weighted by atomic mass is 9.84. The lowest BCUT2D eigenvalue weighted by Crippen LogP contribution is -2.44. The van der Waals surface area contributed by atoms with E-state index >= 15 is 0 Å². The molecule has 1 saturated heterocycles. The van der Waals surface area contributed by atoms with Crippen LogP contribution in [-0.2, 0) is 4.74 Å². The van der Waals surface area contributed by atoms with Crippen molar-refractivity contribution in [1.82, 2.24) is 4.90 Å². The van der Waals surface area contributed by atoms with Crippen LogP contribution in [0.15, 0.2) is 0 Å². The van der Waals surface area contributed by atoms with Crippen molar-refractivity contribution in [2.45, 2.75) is 26.4 Å². The van der Waals surface area contributed by atoms with Crippen molar-refractivity contribution in [2.75, 3.05) is 27.2 Å². The Morgan fingerprint density at radius 2 is 2.08 bits per heavy atom. The smallest absolute Gasteiger partial charge is 0.0729 e. The molecule has 0 aromatic heterocycles. The number of rotatable bonds is 2. The highest BCUT2D eigenvalue weighted by atomic mass is 16.5. The van der Waals surface area contributed by atoms with Crippen LogP contribution in [0.1, 0.15) is 20.3 Å². The number of methoxy groups -OCH3 is 1. The van der Waals surface area contributed by atoms with Gasteiger partial charge in [0, 0.05) is 13.7 Å². The lowest BCUT2D eigenvalue weighted by Gasteiger charge is -2.37. The van der Waals surface area contributed by atoms with Crippen LogP contribution in [0.2, 0.25) is 0 Å². The van der Waals surface area contributed by atoms with Gasteiger partial charge < -0.3 is 9.64 Å². The Kier molecular flexibility index (Phi) is 3.53. The first-order chi connectivity index (χ1) is 5.65. The fourth-order valence-corrected chi connectivity index (χ4v) is 2.10. The summed E-state index contributed by atoms with van der Waals surface area (Å²) in [5.41, 5.74) is 0. The van der Waals surface area contributed by atoms with Gasteiger partial charge in [0.05, 0.1) is 6.10 Å². The molecular weight excluding hydrogens is 150 g/mol. The summed E-state index contributed by atoms with van der Waals surface area (Å²) >= 11 is 0. The van der Waals surface area contributed by atoms with Gasteiger partial charge in [-0.2, -0.15) is 0 Å². The Morgan fingerprint density at radius 3 is 2.58 bits per heavy atom. The SMILES string of the molecule is CO[C@H]1CN(C)CC[C@@H]1C(C)C. The molecule has 0 aliphatic carbocycles. The molecule has 0 unspecified atom stereocenters. The second-order valence-electron chi connectivity index (χ2n) is 4.23. The number of likely N-dealkylation sites (N-methyl/N-ethyl adjacent to an activating group) is 1. The summed E-state index contributed by atoms with van der Waals surface area (Å²) in [6, 6.07) is 0. The van der Waals surface area contributed by atoms with Gasteiger partial charge in [0.15, 0.2) is 0 Å². The summed E-state index contributed by atoms with van der Waals surface area (Å²) in [6.07, 6.45) is 1.73. The summed E-state index contributed by atoms with van der Waals surface area (Å²) in [6.45, 7) is 6.91. The van der Waals surface area contributed by atoms with Crippen LogP contribution < -0.4 is 0 Å². The molecule has 1 aliphatic rings. The van der Waals surface area contributed by atoms with E-state index in [0.717, 1.165) is 18.4 Å². The van der Waals surface area contributed by atoms with E-state index in [1.807, 2.05) is 7.11 Å². The molecule has 0 radical (unpaired) electrons. The monoisotopic (exact) mass is 171 g/mol. The molecule has 1 aliphatic heterocycles.